The number of nitrogens with zero attached hydrogens (tertiary/aromatic N) is 6. The van der Waals surface area contributed by atoms with Crippen molar-refractivity contribution in [3.05, 3.63) is 68.4 Å². The maximum Gasteiger partial charge on any atom is 0.332 e. The number of ether oxygens (including phenoxy) is 2. The van der Waals surface area contributed by atoms with Crippen LogP contribution in [0.15, 0.2) is 40.2 Å². The number of amides is 1. The number of nitriles is 1. The average Bonchev–Trinajstić information content (AvgIpc) is 3.58. The number of thiophene rings is 1. The van der Waals surface area contributed by atoms with E-state index in [9.17, 15) is 18.8 Å². The Labute approximate surface area is 232 Å². The van der Waals surface area contributed by atoms with Gasteiger partial charge in [-0.2, -0.15) is 15.5 Å². The molecule has 3 aromatic heterocycles. The van der Waals surface area contributed by atoms with Crippen LogP contribution in [0.4, 0.5) is 4.39 Å². The van der Waals surface area contributed by atoms with Crippen LogP contribution in [0.2, 0.25) is 0 Å². The lowest BCUT2D eigenvalue weighted by Gasteiger charge is -2.23. The molecule has 40 heavy (non-hydrogen) atoms. The van der Waals surface area contributed by atoms with E-state index >= 15 is 0 Å². The topological polar surface area (TPSA) is 146 Å². The van der Waals surface area contributed by atoms with Crippen molar-refractivity contribution in [2.24, 2.45) is 0 Å². The normalized spacial score (nSPS) is 12.7. The van der Waals surface area contributed by atoms with E-state index in [1.807, 2.05) is 6.07 Å². The zero-order valence-electron chi connectivity index (χ0n) is 22.4. The van der Waals surface area contributed by atoms with Crippen LogP contribution < -0.4 is 21.3 Å². The lowest BCUT2D eigenvalue weighted by Crippen LogP contribution is -2.46. The molecule has 1 N–H and O–H groups in total. The molecule has 1 amide bonds. The summed E-state index contributed by atoms with van der Waals surface area (Å²) in [6.45, 7) is 5.06. The number of carbonyl (C=O) groups excluding carboxylic acids is 1. The largest absolute Gasteiger partial charge is 0.496 e. The van der Waals surface area contributed by atoms with Gasteiger partial charge in [-0.3, -0.25) is 14.2 Å². The highest BCUT2D eigenvalue weighted by atomic mass is 32.1. The molecule has 0 saturated heterocycles. The minimum Gasteiger partial charge on any atom is -0.496 e. The number of halogens is 1. The minimum atomic E-state index is -1.12. The number of methoxy groups -OCH3 is 1. The second-order valence-electron chi connectivity index (χ2n) is 8.82. The second-order valence-corrected chi connectivity index (χ2v) is 9.80. The number of nitrogens with one attached hydrogen (secondary N) is 1. The van der Waals surface area contributed by atoms with Gasteiger partial charge in [0, 0.05) is 17.7 Å². The van der Waals surface area contributed by atoms with Crippen molar-refractivity contribution in [1.82, 2.24) is 29.4 Å². The van der Waals surface area contributed by atoms with E-state index in [0.717, 1.165) is 15.9 Å². The van der Waals surface area contributed by atoms with Crippen LogP contribution >= 0.6 is 11.3 Å². The van der Waals surface area contributed by atoms with Crippen LogP contribution in [-0.4, -0.2) is 50.3 Å². The minimum absolute atomic E-state index is 0.000396. The molecular formula is C26H28FN7O5S. The number of rotatable bonds is 11. The van der Waals surface area contributed by atoms with E-state index in [0.29, 0.717) is 33.3 Å². The molecule has 0 bridgehead atoms. The molecule has 0 fully saturated rings. The van der Waals surface area contributed by atoms with Crippen LogP contribution in [0.25, 0.3) is 15.2 Å². The Morgan fingerprint density at radius 1 is 1.27 bits per heavy atom. The Morgan fingerprint density at radius 2 is 2.00 bits per heavy atom. The molecule has 0 radical (unpaired) electrons. The molecule has 1 aromatic carbocycles. The first-order chi connectivity index (χ1) is 19.2. The molecule has 3 heterocycles. The maximum absolute atomic E-state index is 14.4. The smallest absolute Gasteiger partial charge is 0.332 e. The number of aromatic nitrogens is 5. The summed E-state index contributed by atoms with van der Waals surface area (Å²) in [4.78, 5) is 42.2. The third-order valence-electron chi connectivity index (χ3n) is 6.36. The number of fused-ring (bicyclic) bond motifs is 1. The second kappa shape index (κ2) is 12.2. The first-order valence-corrected chi connectivity index (χ1v) is 13.3. The third-order valence-corrected chi connectivity index (χ3v) is 7.64. The van der Waals surface area contributed by atoms with Crippen LogP contribution in [-0.2, 0) is 16.1 Å². The van der Waals surface area contributed by atoms with Gasteiger partial charge in [0.05, 0.1) is 50.5 Å². The van der Waals surface area contributed by atoms with Gasteiger partial charge in [0.25, 0.3) is 5.56 Å². The van der Waals surface area contributed by atoms with Crippen LogP contribution in [0, 0.1) is 24.1 Å². The summed E-state index contributed by atoms with van der Waals surface area (Å²) in [5.74, 6) is -0.723. The van der Waals surface area contributed by atoms with Gasteiger partial charge in [-0.25, -0.2) is 13.8 Å². The Morgan fingerprint density at radius 3 is 2.65 bits per heavy atom. The van der Waals surface area contributed by atoms with Crippen molar-refractivity contribution in [3.63, 3.8) is 0 Å². The number of hydrogen-bond acceptors (Lipinski definition) is 9. The summed E-state index contributed by atoms with van der Waals surface area (Å²) in [5, 5.41) is 20.8. The average molecular weight is 570 g/mol. The van der Waals surface area contributed by atoms with Crippen molar-refractivity contribution in [1.29, 1.82) is 5.26 Å². The van der Waals surface area contributed by atoms with E-state index in [-0.39, 0.29) is 25.0 Å². The highest BCUT2D eigenvalue weighted by Gasteiger charge is 2.28. The van der Waals surface area contributed by atoms with Gasteiger partial charge in [-0.1, -0.05) is 11.3 Å². The molecule has 14 heteroatoms. The molecule has 0 spiro atoms. The van der Waals surface area contributed by atoms with Gasteiger partial charge in [-0.05, 0) is 39.0 Å². The summed E-state index contributed by atoms with van der Waals surface area (Å²) in [6.07, 6.45) is 2.09. The molecule has 0 aliphatic heterocycles. The number of benzene rings is 1. The zero-order valence-corrected chi connectivity index (χ0v) is 23.2. The Kier molecular flexibility index (Phi) is 8.76. The van der Waals surface area contributed by atoms with Crippen molar-refractivity contribution < 1.29 is 18.7 Å². The van der Waals surface area contributed by atoms with Crippen LogP contribution in [0.5, 0.6) is 5.75 Å². The summed E-state index contributed by atoms with van der Waals surface area (Å²) >= 11 is 1.13. The molecule has 4 aromatic rings. The molecule has 210 valence electrons. The summed E-state index contributed by atoms with van der Waals surface area (Å²) in [5.41, 5.74) is -0.538. The lowest BCUT2D eigenvalue weighted by molar-refractivity contribution is -0.123. The van der Waals surface area contributed by atoms with Crippen molar-refractivity contribution in [2.45, 2.75) is 45.9 Å². The van der Waals surface area contributed by atoms with Gasteiger partial charge in [-0.15, -0.1) is 4.80 Å². The Balaban J connectivity index is 1.99. The molecule has 4 rings (SSSR count). The quantitative estimate of drug-likeness (QED) is 0.271. The van der Waals surface area contributed by atoms with Crippen molar-refractivity contribution >= 4 is 27.5 Å². The first kappa shape index (κ1) is 28.7. The van der Waals surface area contributed by atoms with Gasteiger partial charge < -0.3 is 14.8 Å². The molecule has 2 atom stereocenters. The van der Waals surface area contributed by atoms with E-state index in [1.54, 1.807) is 13.8 Å². The molecule has 0 unspecified atom stereocenters. The lowest BCUT2D eigenvalue weighted by atomic mass is 10.1. The van der Waals surface area contributed by atoms with Gasteiger partial charge in [0.2, 0.25) is 5.91 Å². The molecule has 0 aliphatic rings. The number of likely N-dealkylation sites (N-methyl/N-ethyl adjacent to an activating group) is 1. The van der Waals surface area contributed by atoms with E-state index in [2.05, 4.69) is 15.5 Å². The maximum atomic E-state index is 14.4. The zero-order chi connectivity index (χ0) is 29.0. The highest BCUT2D eigenvalue weighted by molar-refractivity contribution is 7.21. The number of carbonyl (C=O) groups is 1. The number of aryl methyl sites for hydroxylation is 1. The fraction of sp³-hybridized carbons (Fsp3) is 0.385. The summed E-state index contributed by atoms with van der Waals surface area (Å²) in [6, 6.07) is 4.79. The van der Waals surface area contributed by atoms with Crippen molar-refractivity contribution in [2.75, 3.05) is 20.3 Å². The van der Waals surface area contributed by atoms with Gasteiger partial charge >= 0.3 is 5.69 Å². The van der Waals surface area contributed by atoms with Gasteiger partial charge in [0.15, 0.2) is 0 Å². The summed E-state index contributed by atoms with van der Waals surface area (Å²) < 4.78 is 28.0. The van der Waals surface area contributed by atoms with E-state index < -0.39 is 35.1 Å². The molecule has 12 nitrogen and oxygen atoms in total. The number of hydrogen-bond donors (Lipinski definition) is 1. The standard InChI is InChI=1S/C26H28FN7O5S/c1-5-29-22(35)16(3)33-23(36)21-15(2)24(34-30-10-11-31-34)40-25(21)32(26(33)37)14-20(39-12-6-9-28)18-13-17(27)7-8-19(18)38-4/h7-8,10-11,13,16,20H,5-6,12,14H2,1-4H3,(H,29,35)/t16-,20+/m1/s1. The van der Waals surface area contributed by atoms with Crippen LogP contribution in [0.3, 0.4) is 0 Å². The fourth-order valence-corrected chi connectivity index (χ4v) is 5.64. The van der Waals surface area contributed by atoms with E-state index in [4.69, 9.17) is 14.7 Å². The highest BCUT2D eigenvalue weighted by Crippen LogP contribution is 2.34. The predicted molar refractivity (Wildman–Crippen MR) is 145 cm³/mol. The monoisotopic (exact) mass is 569 g/mol. The van der Waals surface area contributed by atoms with E-state index in [1.165, 1.54) is 54.0 Å². The Hall–Kier alpha value is -4.35. The summed E-state index contributed by atoms with van der Waals surface area (Å²) in [7, 11) is 1.42. The molecule has 0 saturated carbocycles. The third kappa shape index (κ3) is 5.38. The molecular weight excluding hydrogens is 541 g/mol. The SMILES string of the molecule is CCNC(=O)[C@@H](C)n1c(=O)c2c(C)c(-n3nccn3)sc2n(C[C@H](OCCC#N)c2cc(F)ccc2OC)c1=O. The fourth-order valence-electron chi connectivity index (χ4n) is 4.42. The van der Waals surface area contributed by atoms with Crippen molar-refractivity contribution in [3.8, 4) is 16.8 Å². The van der Waals surface area contributed by atoms with Crippen LogP contribution in [0.1, 0.15) is 43.5 Å². The Bertz CT molecular complexity index is 1690. The first-order valence-electron chi connectivity index (χ1n) is 12.5. The van der Waals surface area contributed by atoms with Gasteiger partial charge in [0.1, 0.15) is 33.5 Å². The predicted octanol–water partition coefficient (Wildman–Crippen LogP) is 2.63. The molecule has 0 aliphatic carbocycles.